The molecule has 0 radical (unpaired) electrons. The minimum absolute atomic E-state index is 0.0799. The second-order valence-corrected chi connectivity index (χ2v) is 4.10. The van der Waals surface area contributed by atoms with Gasteiger partial charge in [-0.1, -0.05) is 0 Å². The van der Waals surface area contributed by atoms with Crippen molar-refractivity contribution >= 4 is 17.6 Å². The molecule has 0 fully saturated rings. The zero-order valence-electron chi connectivity index (χ0n) is 12.0. The number of nitrogens with two attached hydrogens (primary N) is 1. The molecule has 1 amide bonds. The molecule has 0 atom stereocenters. The molecule has 1 rings (SSSR count). The van der Waals surface area contributed by atoms with E-state index in [1.165, 1.54) is 13.2 Å². The normalized spacial score (nSPS) is 9.95. The number of methoxy groups -OCH3 is 1. The molecular weight excluding hydrogens is 260 g/mol. The fraction of sp³-hybridized carbons (Fsp3) is 0.429. The molecule has 0 unspecified atom stereocenters. The summed E-state index contributed by atoms with van der Waals surface area (Å²) in [7, 11) is 1.30. The molecule has 0 bridgehead atoms. The number of anilines is 1. The van der Waals surface area contributed by atoms with Crippen molar-refractivity contribution in [1.82, 2.24) is 4.90 Å². The summed E-state index contributed by atoms with van der Waals surface area (Å²) in [6, 6.07) is 4.56. The predicted molar refractivity (Wildman–Crippen MR) is 75.6 cm³/mol. The van der Waals surface area contributed by atoms with Gasteiger partial charge in [0.2, 0.25) is 0 Å². The van der Waals surface area contributed by atoms with Crippen LogP contribution in [-0.2, 0) is 9.53 Å². The number of likely N-dealkylation sites (N-methyl/N-ethyl adjacent to an activating group) is 1. The third-order valence-corrected chi connectivity index (χ3v) is 2.90. The molecule has 1 aromatic carbocycles. The minimum atomic E-state index is -0.470. The summed E-state index contributed by atoms with van der Waals surface area (Å²) in [4.78, 5) is 24.8. The Morgan fingerprint density at radius 1 is 1.25 bits per heavy atom. The molecule has 0 aliphatic rings. The van der Waals surface area contributed by atoms with Crippen molar-refractivity contribution in [3.05, 3.63) is 23.8 Å². The minimum Gasteiger partial charge on any atom is -0.482 e. The second kappa shape index (κ2) is 7.37. The predicted octanol–water partition coefficient (Wildman–Crippen LogP) is 1.30. The number of carbonyl (C=O) groups excluding carboxylic acids is 2. The molecule has 0 saturated heterocycles. The van der Waals surface area contributed by atoms with Crippen molar-refractivity contribution in [2.45, 2.75) is 13.8 Å². The van der Waals surface area contributed by atoms with Gasteiger partial charge in [0.1, 0.15) is 5.75 Å². The van der Waals surface area contributed by atoms with Crippen molar-refractivity contribution < 1.29 is 19.1 Å². The van der Waals surface area contributed by atoms with Crippen LogP contribution >= 0.6 is 0 Å². The largest absolute Gasteiger partial charge is 0.482 e. The van der Waals surface area contributed by atoms with Gasteiger partial charge in [0.25, 0.3) is 5.91 Å². The number of hydrogen-bond acceptors (Lipinski definition) is 5. The van der Waals surface area contributed by atoms with Gasteiger partial charge in [-0.2, -0.15) is 0 Å². The summed E-state index contributed by atoms with van der Waals surface area (Å²) in [5.41, 5.74) is 6.42. The van der Waals surface area contributed by atoms with E-state index >= 15 is 0 Å². The average Bonchev–Trinajstić information content (AvgIpc) is 2.46. The van der Waals surface area contributed by atoms with Crippen LogP contribution in [0.4, 0.5) is 5.69 Å². The molecule has 2 N–H and O–H groups in total. The van der Waals surface area contributed by atoms with Gasteiger partial charge >= 0.3 is 5.97 Å². The zero-order valence-corrected chi connectivity index (χ0v) is 12.0. The van der Waals surface area contributed by atoms with E-state index in [2.05, 4.69) is 4.74 Å². The van der Waals surface area contributed by atoms with E-state index in [4.69, 9.17) is 10.5 Å². The van der Waals surface area contributed by atoms with Gasteiger partial charge in [0.15, 0.2) is 6.61 Å². The maximum atomic E-state index is 11.8. The Morgan fingerprint density at radius 2 is 1.90 bits per heavy atom. The Hall–Kier alpha value is -2.24. The quantitative estimate of drug-likeness (QED) is 0.627. The highest BCUT2D eigenvalue weighted by Crippen LogP contribution is 2.22. The van der Waals surface area contributed by atoms with E-state index in [0.29, 0.717) is 30.1 Å². The van der Waals surface area contributed by atoms with Crippen molar-refractivity contribution in [1.29, 1.82) is 0 Å². The Bertz CT molecular complexity index is 484. The van der Waals surface area contributed by atoms with Gasteiger partial charge in [-0.15, -0.1) is 0 Å². The lowest BCUT2D eigenvalue weighted by Crippen LogP contribution is -2.34. The highest BCUT2D eigenvalue weighted by molar-refractivity contribution is 5.91. The summed E-state index contributed by atoms with van der Waals surface area (Å²) in [6.07, 6.45) is 0. The SMILES string of the molecule is CCN(CC)C(=O)COc1ccc(C(=O)OC)cc1N. The van der Waals surface area contributed by atoms with E-state index in [1.807, 2.05) is 13.8 Å². The lowest BCUT2D eigenvalue weighted by Gasteiger charge is -2.19. The van der Waals surface area contributed by atoms with Crippen LogP contribution in [0.1, 0.15) is 24.2 Å². The number of benzene rings is 1. The van der Waals surface area contributed by atoms with Crippen LogP contribution in [-0.4, -0.2) is 43.6 Å². The number of hydrogen-bond donors (Lipinski definition) is 1. The fourth-order valence-electron chi connectivity index (χ4n) is 1.73. The van der Waals surface area contributed by atoms with Gasteiger partial charge in [0.05, 0.1) is 18.4 Å². The molecule has 20 heavy (non-hydrogen) atoms. The van der Waals surface area contributed by atoms with Gasteiger partial charge in [-0.05, 0) is 32.0 Å². The second-order valence-electron chi connectivity index (χ2n) is 4.10. The number of amides is 1. The monoisotopic (exact) mass is 280 g/mol. The number of esters is 1. The maximum Gasteiger partial charge on any atom is 0.337 e. The summed E-state index contributed by atoms with van der Waals surface area (Å²) < 4.78 is 9.98. The van der Waals surface area contributed by atoms with Crippen molar-refractivity contribution in [2.24, 2.45) is 0 Å². The van der Waals surface area contributed by atoms with Gasteiger partial charge in [-0.25, -0.2) is 4.79 Å². The summed E-state index contributed by atoms with van der Waals surface area (Å²) in [5.74, 6) is -0.202. The first-order valence-corrected chi connectivity index (χ1v) is 6.41. The average molecular weight is 280 g/mol. The summed E-state index contributed by atoms with van der Waals surface area (Å²) >= 11 is 0. The molecule has 0 spiro atoms. The molecule has 6 nitrogen and oxygen atoms in total. The lowest BCUT2D eigenvalue weighted by molar-refractivity contribution is -0.132. The molecule has 6 heteroatoms. The third-order valence-electron chi connectivity index (χ3n) is 2.90. The Morgan fingerprint density at radius 3 is 2.40 bits per heavy atom. The Labute approximate surface area is 118 Å². The first-order chi connectivity index (χ1) is 9.53. The summed E-state index contributed by atoms with van der Waals surface area (Å²) in [5, 5.41) is 0. The number of nitrogens with zero attached hydrogens (tertiary/aromatic N) is 1. The molecule has 0 aromatic heterocycles. The highest BCUT2D eigenvalue weighted by Gasteiger charge is 2.13. The smallest absolute Gasteiger partial charge is 0.337 e. The van der Waals surface area contributed by atoms with E-state index in [9.17, 15) is 9.59 Å². The van der Waals surface area contributed by atoms with Gasteiger partial charge in [-0.3, -0.25) is 4.79 Å². The van der Waals surface area contributed by atoms with Crippen molar-refractivity contribution in [3.8, 4) is 5.75 Å². The van der Waals surface area contributed by atoms with Crippen LogP contribution in [0.2, 0.25) is 0 Å². The van der Waals surface area contributed by atoms with E-state index in [1.54, 1.807) is 17.0 Å². The number of carbonyl (C=O) groups is 2. The number of nitrogen functional groups attached to an aromatic ring is 1. The van der Waals surface area contributed by atoms with Crippen LogP contribution in [0.3, 0.4) is 0 Å². The van der Waals surface area contributed by atoms with Crippen LogP contribution in [0.15, 0.2) is 18.2 Å². The van der Waals surface area contributed by atoms with E-state index < -0.39 is 5.97 Å². The van der Waals surface area contributed by atoms with Crippen LogP contribution in [0, 0.1) is 0 Å². The standard InChI is InChI=1S/C14H20N2O4/c1-4-16(5-2)13(17)9-20-12-7-6-10(8-11(12)15)14(18)19-3/h6-8H,4-5,9,15H2,1-3H3. The van der Waals surface area contributed by atoms with E-state index in [0.717, 1.165) is 0 Å². The number of rotatable bonds is 6. The third kappa shape index (κ3) is 3.88. The summed E-state index contributed by atoms with van der Waals surface area (Å²) in [6.45, 7) is 5.00. The highest BCUT2D eigenvalue weighted by atomic mass is 16.5. The molecule has 1 aromatic rings. The first-order valence-electron chi connectivity index (χ1n) is 6.41. The van der Waals surface area contributed by atoms with Gasteiger partial charge < -0.3 is 20.1 Å². The van der Waals surface area contributed by atoms with Crippen LogP contribution < -0.4 is 10.5 Å². The molecule has 0 aliphatic carbocycles. The first kappa shape index (κ1) is 15.8. The van der Waals surface area contributed by atoms with Crippen LogP contribution in [0.5, 0.6) is 5.75 Å². The number of ether oxygens (including phenoxy) is 2. The molecule has 110 valence electrons. The fourth-order valence-corrected chi connectivity index (χ4v) is 1.73. The molecule has 0 heterocycles. The molecule has 0 aliphatic heterocycles. The lowest BCUT2D eigenvalue weighted by atomic mass is 10.2. The zero-order chi connectivity index (χ0) is 15.1. The van der Waals surface area contributed by atoms with Crippen molar-refractivity contribution in [3.63, 3.8) is 0 Å². The topological polar surface area (TPSA) is 81.9 Å². The van der Waals surface area contributed by atoms with E-state index in [-0.39, 0.29) is 12.5 Å². The Balaban J connectivity index is 2.70. The van der Waals surface area contributed by atoms with Crippen LogP contribution in [0.25, 0.3) is 0 Å². The Kier molecular flexibility index (Phi) is 5.83. The maximum absolute atomic E-state index is 11.8. The molecular formula is C14H20N2O4. The van der Waals surface area contributed by atoms with Crippen molar-refractivity contribution in [2.75, 3.05) is 32.5 Å². The molecule has 0 saturated carbocycles. The van der Waals surface area contributed by atoms with Gasteiger partial charge in [0, 0.05) is 13.1 Å².